The molecule has 0 saturated carbocycles. The highest BCUT2D eigenvalue weighted by atomic mass is 32.1. The first-order valence-corrected chi connectivity index (χ1v) is 6.63. The van der Waals surface area contributed by atoms with Crippen LogP contribution in [0.4, 0.5) is 0 Å². The largest absolute Gasteiger partial charge is 0.288 e. The summed E-state index contributed by atoms with van der Waals surface area (Å²) in [6.45, 7) is 1.99. The molecule has 18 heavy (non-hydrogen) atoms. The molecule has 0 fully saturated rings. The maximum absolute atomic E-state index is 11.8. The highest BCUT2D eigenvalue weighted by Crippen LogP contribution is 2.11. The minimum atomic E-state index is 0.0609. The zero-order chi connectivity index (χ0) is 12.8. The molecule has 0 aliphatic heterocycles. The van der Waals surface area contributed by atoms with Gasteiger partial charge in [0, 0.05) is 0 Å². The Balaban J connectivity index is 2.05. The zero-order valence-corrected chi connectivity index (χ0v) is 11.0. The van der Waals surface area contributed by atoms with E-state index in [2.05, 4.69) is 6.08 Å². The van der Waals surface area contributed by atoms with Gasteiger partial charge >= 0.3 is 0 Å². The number of hydrogen-bond acceptors (Lipinski definition) is 2. The van der Waals surface area contributed by atoms with E-state index in [1.54, 1.807) is 6.08 Å². The van der Waals surface area contributed by atoms with Gasteiger partial charge in [-0.3, -0.25) is 4.79 Å². The molecule has 2 aromatic rings. The first-order chi connectivity index (χ1) is 8.75. The van der Waals surface area contributed by atoms with Gasteiger partial charge in [0.25, 0.3) is 0 Å². The van der Waals surface area contributed by atoms with Gasteiger partial charge in [-0.25, -0.2) is 0 Å². The Morgan fingerprint density at radius 2 is 1.83 bits per heavy atom. The molecule has 1 aromatic heterocycles. The molecule has 0 aliphatic carbocycles. The van der Waals surface area contributed by atoms with Gasteiger partial charge < -0.3 is 0 Å². The van der Waals surface area contributed by atoms with Gasteiger partial charge in [0.1, 0.15) is 0 Å². The number of carbonyl (C=O) groups is 1. The third kappa shape index (κ3) is 3.54. The van der Waals surface area contributed by atoms with Crippen LogP contribution in [0.25, 0.3) is 6.08 Å². The van der Waals surface area contributed by atoms with E-state index in [1.807, 2.05) is 60.8 Å². The number of benzene rings is 1. The molecule has 1 nitrogen and oxygen atoms in total. The molecular formula is C16H14OS. The van der Waals surface area contributed by atoms with Crippen LogP contribution in [0.15, 0.2) is 65.6 Å². The van der Waals surface area contributed by atoms with Crippen molar-refractivity contribution < 1.29 is 4.79 Å². The number of ketones is 1. The summed E-state index contributed by atoms with van der Waals surface area (Å²) in [5.41, 5.74) is 2.20. The second-order valence-electron chi connectivity index (χ2n) is 3.97. The van der Waals surface area contributed by atoms with Gasteiger partial charge in [-0.05, 0) is 30.0 Å². The Hall–Kier alpha value is -1.93. The predicted molar refractivity (Wildman–Crippen MR) is 77.9 cm³/mol. The van der Waals surface area contributed by atoms with Crippen molar-refractivity contribution >= 4 is 23.2 Å². The van der Waals surface area contributed by atoms with E-state index >= 15 is 0 Å². The Kier molecular flexibility index (Phi) is 4.26. The van der Waals surface area contributed by atoms with Gasteiger partial charge in [0.05, 0.1) is 4.88 Å². The zero-order valence-electron chi connectivity index (χ0n) is 10.2. The normalized spacial score (nSPS) is 11.9. The summed E-state index contributed by atoms with van der Waals surface area (Å²) in [6, 6.07) is 13.8. The smallest absolute Gasteiger partial charge is 0.195 e. The fraction of sp³-hybridized carbons (Fsp3) is 0.0625. The maximum Gasteiger partial charge on any atom is 0.195 e. The van der Waals surface area contributed by atoms with Crippen molar-refractivity contribution in [2.75, 3.05) is 0 Å². The molecule has 0 bridgehead atoms. The first-order valence-electron chi connectivity index (χ1n) is 5.75. The molecule has 1 aromatic carbocycles. The molecule has 0 radical (unpaired) electrons. The molecule has 90 valence electrons. The fourth-order valence-electron chi connectivity index (χ4n) is 1.57. The van der Waals surface area contributed by atoms with Crippen molar-refractivity contribution in [1.82, 2.24) is 0 Å². The van der Waals surface area contributed by atoms with Crippen LogP contribution in [0.5, 0.6) is 0 Å². The Labute approximate surface area is 111 Å². The van der Waals surface area contributed by atoms with Crippen LogP contribution in [0.3, 0.4) is 0 Å². The molecule has 0 spiro atoms. The monoisotopic (exact) mass is 254 g/mol. The lowest BCUT2D eigenvalue weighted by Crippen LogP contribution is -1.88. The summed E-state index contributed by atoms with van der Waals surface area (Å²) in [5, 5.41) is 1.91. The lowest BCUT2D eigenvalue weighted by molar-refractivity contribution is 0.105. The standard InChI is InChI=1S/C16H14OS/c1-13(12-14-6-3-2-4-7-14)9-10-15(17)16-8-5-11-18-16/h2-12H,1H3/b10-9+,13-12+. The van der Waals surface area contributed by atoms with E-state index in [9.17, 15) is 4.79 Å². The summed E-state index contributed by atoms with van der Waals surface area (Å²) < 4.78 is 0. The van der Waals surface area contributed by atoms with Gasteiger partial charge in [-0.15, -0.1) is 11.3 Å². The van der Waals surface area contributed by atoms with E-state index in [0.717, 1.165) is 16.0 Å². The van der Waals surface area contributed by atoms with E-state index in [1.165, 1.54) is 11.3 Å². The Bertz CT molecular complexity index is 562. The fourth-order valence-corrected chi connectivity index (χ4v) is 2.21. The number of carbonyl (C=O) groups excluding carboxylic acids is 1. The van der Waals surface area contributed by atoms with Crippen LogP contribution < -0.4 is 0 Å². The van der Waals surface area contributed by atoms with Crippen LogP contribution in [0, 0.1) is 0 Å². The van der Waals surface area contributed by atoms with Crippen LogP contribution in [-0.4, -0.2) is 5.78 Å². The van der Waals surface area contributed by atoms with E-state index in [0.29, 0.717) is 0 Å². The molecule has 0 atom stereocenters. The van der Waals surface area contributed by atoms with E-state index in [-0.39, 0.29) is 5.78 Å². The third-order valence-electron chi connectivity index (χ3n) is 2.46. The topological polar surface area (TPSA) is 17.1 Å². The van der Waals surface area contributed by atoms with Crippen LogP contribution in [0.1, 0.15) is 22.2 Å². The van der Waals surface area contributed by atoms with Crippen molar-refractivity contribution in [2.45, 2.75) is 6.92 Å². The minimum absolute atomic E-state index is 0.0609. The number of allylic oxidation sites excluding steroid dienone is 3. The average Bonchev–Trinajstić information content (AvgIpc) is 2.91. The van der Waals surface area contributed by atoms with Crippen molar-refractivity contribution in [2.24, 2.45) is 0 Å². The lowest BCUT2D eigenvalue weighted by Gasteiger charge is -1.94. The summed E-state index contributed by atoms with van der Waals surface area (Å²) in [4.78, 5) is 12.5. The third-order valence-corrected chi connectivity index (χ3v) is 3.34. The van der Waals surface area contributed by atoms with Crippen LogP contribution in [-0.2, 0) is 0 Å². The van der Waals surface area contributed by atoms with E-state index in [4.69, 9.17) is 0 Å². The summed E-state index contributed by atoms with van der Waals surface area (Å²) in [7, 11) is 0. The SMILES string of the molecule is CC(/C=C/C(=O)c1cccs1)=C\c1ccccc1. The minimum Gasteiger partial charge on any atom is -0.288 e. The second-order valence-corrected chi connectivity index (χ2v) is 4.92. The molecule has 1 heterocycles. The molecule has 2 heteroatoms. The van der Waals surface area contributed by atoms with Gasteiger partial charge in [-0.2, -0.15) is 0 Å². The summed E-state index contributed by atoms with van der Waals surface area (Å²) in [6.07, 6.45) is 5.54. The van der Waals surface area contributed by atoms with Gasteiger partial charge in [0.15, 0.2) is 5.78 Å². The molecule has 2 rings (SSSR count). The molecule has 0 N–H and O–H groups in total. The molecule has 0 unspecified atom stereocenters. The second kappa shape index (κ2) is 6.12. The maximum atomic E-state index is 11.8. The van der Waals surface area contributed by atoms with Crippen molar-refractivity contribution in [3.05, 3.63) is 76.0 Å². The van der Waals surface area contributed by atoms with Crippen molar-refractivity contribution in [3.63, 3.8) is 0 Å². The molecule has 0 saturated heterocycles. The van der Waals surface area contributed by atoms with Crippen LogP contribution in [0.2, 0.25) is 0 Å². The van der Waals surface area contributed by atoms with Gasteiger partial charge in [0.2, 0.25) is 0 Å². The predicted octanol–water partition coefficient (Wildman–Crippen LogP) is 4.59. The highest BCUT2D eigenvalue weighted by Gasteiger charge is 2.00. The lowest BCUT2D eigenvalue weighted by atomic mass is 10.1. The molecule has 0 amide bonds. The Morgan fingerprint density at radius 1 is 1.06 bits per heavy atom. The quantitative estimate of drug-likeness (QED) is 0.443. The Morgan fingerprint density at radius 3 is 2.50 bits per heavy atom. The van der Waals surface area contributed by atoms with Crippen molar-refractivity contribution in [3.8, 4) is 0 Å². The summed E-state index contributed by atoms with van der Waals surface area (Å²) in [5.74, 6) is 0.0609. The number of hydrogen-bond donors (Lipinski definition) is 0. The summed E-state index contributed by atoms with van der Waals surface area (Å²) >= 11 is 1.47. The first kappa shape index (κ1) is 12.5. The van der Waals surface area contributed by atoms with E-state index < -0.39 is 0 Å². The van der Waals surface area contributed by atoms with Crippen molar-refractivity contribution in [1.29, 1.82) is 0 Å². The highest BCUT2D eigenvalue weighted by molar-refractivity contribution is 7.12. The molecular weight excluding hydrogens is 240 g/mol. The average molecular weight is 254 g/mol. The van der Waals surface area contributed by atoms with Crippen LogP contribution >= 0.6 is 11.3 Å². The number of rotatable bonds is 4. The van der Waals surface area contributed by atoms with Gasteiger partial charge in [-0.1, -0.05) is 54.1 Å². The molecule has 0 aliphatic rings. The number of thiophene rings is 1.